The van der Waals surface area contributed by atoms with Crippen molar-refractivity contribution in [1.29, 1.82) is 0 Å². The Balaban J connectivity index is 3.76. The van der Waals surface area contributed by atoms with E-state index in [9.17, 15) is 0 Å². The minimum absolute atomic E-state index is 0.421. The van der Waals surface area contributed by atoms with Crippen LogP contribution in [0.4, 0.5) is 0 Å². The summed E-state index contributed by atoms with van der Waals surface area (Å²) in [4.78, 5) is 0. The van der Waals surface area contributed by atoms with Crippen molar-refractivity contribution in [2.24, 2.45) is 11.3 Å². The predicted molar refractivity (Wildman–Crippen MR) is 59.8 cm³/mol. The van der Waals surface area contributed by atoms with Crippen LogP contribution >= 0.6 is 24.4 Å². The van der Waals surface area contributed by atoms with E-state index >= 15 is 0 Å². The molecule has 0 aliphatic heterocycles. The number of hydrogen-bond acceptors (Lipinski definition) is 2. The summed E-state index contributed by atoms with van der Waals surface area (Å²) in [6, 6.07) is 0. The van der Waals surface area contributed by atoms with Gasteiger partial charge in [0.15, 0.2) is 0 Å². The topological polar surface area (TPSA) is 0 Å². The van der Waals surface area contributed by atoms with Crippen LogP contribution in [0.1, 0.15) is 27.7 Å². The summed E-state index contributed by atoms with van der Waals surface area (Å²) in [5.74, 6) is 4.23. The lowest BCUT2D eigenvalue weighted by Crippen LogP contribution is -2.24. The number of thioether (sulfide) groups is 1. The quantitative estimate of drug-likeness (QED) is 0.667. The Morgan fingerprint density at radius 2 is 1.91 bits per heavy atom. The van der Waals surface area contributed by atoms with Gasteiger partial charge < -0.3 is 0 Å². The first kappa shape index (κ1) is 11.7. The van der Waals surface area contributed by atoms with Gasteiger partial charge in [0.05, 0.1) is 0 Å². The van der Waals surface area contributed by atoms with Crippen LogP contribution in [0.15, 0.2) is 0 Å². The lowest BCUT2D eigenvalue weighted by molar-refractivity contribution is 0.294. The van der Waals surface area contributed by atoms with Gasteiger partial charge >= 0.3 is 0 Å². The van der Waals surface area contributed by atoms with Crippen LogP contribution in [-0.4, -0.2) is 17.3 Å². The summed E-state index contributed by atoms with van der Waals surface area (Å²) in [6.07, 6.45) is 0. The molecular weight excluding hydrogens is 172 g/mol. The third kappa shape index (κ3) is 5.02. The molecule has 68 valence electrons. The van der Waals surface area contributed by atoms with Gasteiger partial charge in [0.1, 0.15) is 0 Å². The normalized spacial score (nSPS) is 15.0. The fourth-order valence-corrected chi connectivity index (χ4v) is 2.83. The molecule has 0 spiro atoms. The van der Waals surface area contributed by atoms with Crippen molar-refractivity contribution in [1.82, 2.24) is 0 Å². The van der Waals surface area contributed by atoms with Crippen molar-refractivity contribution in [2.75, 3.05) is 17.3 Å². The molecule has 0 bridgehead atoms. The summed E-state index contributed by atoms with van der Waals surface area (Å²) in [6.45, 7) is 9.10. The van der Waals surface area contributed by atoms with Gasteiger partial charge in [0.2, 0.25) is 0 Å². The van der Waals surface area contributed by atoms with Gasteiger partial charge in [-0.15, -0.1) is 0 Å². The smallest absolute Gasteiger partial charge is 0.00264 e. The van der Waals surface area contributed by atoms with Crippen molar-refractivity contribution in [2.45, 2.75) is 27.7 Å². The van der Waals surface area contributed by atoms with Gasteiger partial charge in [-0.3, -0.25) is 0 Å². The Morgan fingerprint density at radius 1 is 1.36 bits per heavy atom. The molecule has 0 saturated heterocycles. The second-order valence-electron chi connectivity index (χ2n) is 3.90. The molecule has 0 aromatic heterocycles. The molecule has 0 nitrogen and oxygen atoms in total. The highest BCUT2D eigenvalue weighted by Gasteiger charge is 2.22. The molecule has 1 unspecified atom stereocenters. The predicted octanol–water partition coefficient (Wildman–Crippen LogP) is 3.33. The van der Waals surface area contributed by atoms with Crippen LogP contribution in [0.2, 0.25) is 0 Å². The zero-order valence-electron chi connectivity index (χ0n) is 8.05. The van der Waals surface area contributed by atoms with Crippen molar-refractivity contribution in [3.63, 3.8) is 0 Å². The first-order valence-corrected chi connectivity index (χ1v) is 5.99. The number of rotatable bonds is 4. The fraction of sp³-hybridized carbons (Fsp3) is 1.00. The molecule has 0 fully saturated rings. The average Bonchev–Trinajstić information content (AvgIpc) is 1.87. The van der Waals surface area contributed by atoms with Crippen molar-refractivity contribution >= 4 is 24.4 Å². The zero-order chi connectivity index (χ0) is 8.91. The number of hydrogen-bond donors (Lipinski definition) is 1. The fourth-order valence-electron chi connectivity index (χ4n) is 0.837. The minimum atomic E-state index is 0.421. The Kier molecular flexibility index (Phi) is 5.71. The van der Waals surface area contributed by atoms with E-state index in [4.69, 9.17) is 0 Å². The number of thiol groups is 1. The van der Waals surface area contributed by atoms with Crippen LogP contribution in [0.3, 0.4) is 0 Å². The Hall–Kier alpha value is 0.700. The van der Waals surface area contributed by atoms with Gasteiger partial charge in [0, 0.05) is 0 Å². The second kappa shape index (κ2) is 5.36. The van der Waals surface area contributed by atoms with E-state index in [1.165, 1.54) is 11.5 Å². The Morgan fingerprint density at radius 3 is 2.18 bits per heavy atom. The van der Waals surface area contributed by atoms with E-state index in [0.717, 1.165) is 11.7 Å². The molecule has 0 saturated carbocycles. The maximum Gasteiger partial charge on any atom is -0.00264 e. The molecule has 0 radical (unpaired) electrons. The molecule has 0 heterocycles. The van der Waals surface area contributed by atoms with Crippen LogP contribution in [0.5, 0.6) is 0 Å². The second-order valence-corrected chi connectivity index (χ2v) is 5.59. The third-order valence-electron chi connectivity index (χ3n) is 1.97. The highest BCUT2D eigenvalue weighted by atomic mass is 32.2. The summed E-state index contributed by atoms with van der Waals surface area (Å²) in [5, 5.41) is 0. The van der Waals surface area contributed by atoms with Gasteiger partial charge in [-0.1, -0.05) is 27.7 Å². The molecule has 11 heavy (non-hydrogen) atoms. The van der Waals surface area contributed by atoms with Crippen LogP contribution in [0.25, 0.3) is 0 Å². The van der Waals surface area contributed by atoms with Crippen LogP contribution in [0, 0.1) is 11.3 Å². The SMILES string of the molecule is CCSCC(CS)C(C)(C)C. The first-order valence-electron chi connectivity index (χ1n) is 4.21. The van der Waals surface area contributed by atoms with Gasteiger partial charge in [-0.25, -0.2) is 0 Å². The van der Waals surface area contributed by atoms with E-state index in [-0.39, 0.29) is 0 Å². The third-order valence-corrected chi connectivity index (χ3v) is 3.46. The molecule has 0 aliphatic carbocycles. The van der Waals surface area contributed by atoms with Crippen molar-refractivity contribution in [3.8, 4) is 0 Å². The van der Waals surface area contributed by atoms with Gasteiger partial charge in [0.25, 0.3) is 0 Å². The summed E-state index contributed by atoms with van der Waals surface area (Å²) < 4.78 is 0. The van der Waals surface area contributed by atoms with Crippen LogP contribution in [-0.2, 0) is 0 Å². The van der Waals surface area contributed by atoms with Crippen LogP contribution < -0.4 is 0 Å². The Labute approximate surface area is 80.9 Å². The van der Waals surface area contributed by atoms with E-state index < -0.39 is 0 Å². The van der Waals surface area contributed by atoms with E-state index in [1.807, 2.05) is 11.8 Å². The lowest BCUT2D eigenvalue weighted by Gasteiger charge is -2.28. The van der Waals surface area contributed by atoms with Crippen molar-refractivity contribution < 1.29 is 0 Å². The van der Waals surface area contributed by atoms with Gasteiger partial charge in [-0.2, -0.15) is 24.4 Å². The van der Waals surface area contributed by atoms with E-state index in [2.05, 4.69) is 40.3 Å². The summed E-state index contributed by atoms with van der Waals surface area (Å²) >= 11 is 6.39. The monoisotopic (exact) mass is 192 g/mol. The lowest BCUT2D eigenvalue weighted by atomic mass is 9.83. The average molecular weight is 192 g/mol. The maximum absolute atomic E-state index is 4.37. The molecule has 0 amide bonds. The molecule has 0 N–H and O–H groups in total. The maximum atomic E-state index is 4.37. The largest absolute Gasteiger partial charge is 0.179 e. The van der Waals surface area contributed by atoms with Crippen molar-refractivity contribution in [3.05, 3.63) is 0 Å². The zero-order valence-corrected chi connectivity index (χ0v) is 9.77. The minimum Gasteiger partial charge on any atom is -0.179 e. The molecule has 0 aromatic carbocycles. The molecular formula is C9H20S2. The summed E-state index contributed by atoms with van der Waals surface area (Å²) in [7, 11) is 0. The molecule has 2 heteroatoms. The molecule has 1 atom stereocenters. The molecule has 0 rings (SSSR count). The molecule has 0 aliphatic rings. The highest BCUT2D eigenvalue weighted by Crippen LogP contribution is 2.29. The standard InChI is InChI=1S/C9H20S2/c1-5-11-7-8(6-10)9(2,3)4/h8,10H,5-7H2,1-4H3. The highest BCUT2D eigenvalue weighted by molar-refractivity contribution is 7.99. The van der Waals surface area contributed by atoms with E-state index in [1.54, 1.807) is 0 Å². The first-order chi connectivity index (χ1) is 5.02. The van der Waals surface area contributed by atoms with Gasteiger partial charge in [-0.05, 0) is 28.6 Å². The van der Waals surface area contributed by atoms with E-state index in [0.29, 0.717) is 5.41 Å². The summed E-state index contributed by atoms with van der Waals surface area (Å²) in [5.41, 5.74) is 0.421. The Bertz CT molecular complexity index is 94.2. The molecule has 0 aromatic rings.